The van der Waals surface area contributed by atoms with Crippen molar-refractivity contribution in [3.05, 3.63) is 63.9 Å². The van der Waals surface area contributed by atoms with Gasteiger partial charge in [-0.3, -0.25) is 9.59 Å². The number of carbonyl (C=O) groups is 1. The van der Waals surface area contributed by atoms with Crippen molar-refractivity contribution in [3.63, 3.8) is 0 Å². The van der Waals surface area contributed by atoms with E-state index in [9.17, 15) is 9.59 Å². The Labute approximate surface area is 136 Å². The van der Waals surface area contributed by atoms with Crippen LogP contribution in [0.5, 0.6) is 17.2 Å². The van der Waals surface area contributed by atoms with Crippen LogP contribution in [-0.4, -0.2) is 24.7 Å². The highest BCUT2D eigenvalue weighted by Crippen LogP contribution is 2.34. The molecule has 0 saturated carbocycles. The Balaban J connectivity index is 1.81. The third-order valence-corrected chi connectivity index (χ3v) is 3.97. The van der Waals surface area contributed by atoms with E-state index in [0.29, 0.717) is 33.7 Å². The summed E-state index contributed by atoms with van der Waals surface area (Å²) in [6.07, 6.45) is 1.43. The number of aromatic amines is 1. The SMILES string of the molecule is COc1ccc(C(=O)c2c[nH]c3cc4c(cc3c2=O)OCO4)cc1. The van der Waals surface area contributed by atoms with Gasteiger partial charge in [0.15, 0.2) is 17.3 Å². The molecule has 120 valence electrons. The van der Waals surface area contributed by atoms with E-state index in [1.165, 1.54) is 6.20 Å². The second-order valence-electron chi connectivity index (χ2n) is 5.34. The predicted octanol–water partition coefficient (Wildman–Crippen LogP) is 2.50. The first kappa shape index (κ1) is 14.3. The first-order valence-corrected chi connectivity index (χ1v) is 7.31. The number of methoxy groups -OCH3 is 1. The van der Waals surface area contributed by atoms with E-state index >= 15 is 0 Å². The summed E-state index contributed by atoms with van der Waals surface area (Å²) in [6, 6.07) is 9.91. The molecule has 4 rings (SSSR count). The minimum atomic E-state index is -0.349. The van der Waals surface area contributed by atoms with Gasteiger partial charge in [0.25, 0.3) is 0 Å². The fraction of sp³-hybridized carbons (Fsp3) is 0.111. The summed E-state index contributed by atoms with van der Waals surface area (Å²) < 4.78 is 15.7. The molecule has 1 aromatic heterocycles. The number of hydrogen-bond acceptors (Lipinski definition) is 5. The summed E-state index contributed by atoms with van der Waals surface area (Å²) in [5.74, 6) is 1.37. The number of H-pyrrole nitrogens is 1. The lowest BCUT2D eigenvalue weighted by Gasteiger charge is -2.05. The number of benzene rings is 2. The van der Waals surface area contributed by atoms with E-state index in [2.05, 4.69) is 4.98 Å². The fourth-order valence-corrected chi connectivity index (χ4v) is 2.68. The van der Waals surface area contributed by atoms with Gasteiger partial charge in [0.1, 0.15) is 5.75 Å². The molecule has 1 aliphatic heterocycles. The Morgan fingerprint density at radius 2 is 1.83 bits per heavy atom. The monoisotopic (exact) mass is 323 g/mol. The largest absolute Gasteiger partial charge is 0.497 e. The molecule has 1 aliphatic rings. The minimum Gasteiger partial charge on any atom is -0.497 e. The lowest BCUT2D eigenvalue weighted by molar-refractivity contribution is 0.103. The summed E-state index contributed by atoms with van der Waals surface area (Å²) in [5.41, 5.74) is 0.742. The summed E-state index contributed by atoms with van der Waals surface area (Å²) in [6.45, 7) is 0.123. The molecule has 0 fully saturated rings. The number of ether oxygens (including phenoxy) is 3. The molecule has 0 aliphatic carbocycles. The van der Waals surface area contributed by atoms with Crippen LogP contribution in [0.3, 0.4) is 0 Å². The maximum absolute atomic E-state index is 12.7. The number of rotatable bonds is 3. The number of nitrogens with one attached hydrogen (secondary N) is 1. The Morgan fingerprint density at radius 3 is 2.54 bits per heavy atom. The molecular weight excluding hydrogens is 310 g/mol. The van der Waals surface area contributed by atoms with Gasteiger partial charge in [-0.15, -0.1) is 0 Å². The molecule has 1 N–H and O–H groups in total. The number of aromatic nitrogens is 1. The standard InChI is InChI=1S/C18H13NO5/c1-22-11-4-2-10(3-5-11)17(20)13-8-19-14-7-16-15(23-9-24-16)6-12(14)18(13)21/h2-8H,9H2,1H3,(H,19,21). The smallest absolute Gasteiger partial charge is 0.231 e. The third kappa shape index (κ3) is 2.20. The number of fused-ring (bicyclic) bond motifs is 2. The van der Waals surface area contributed by atoms with Crippen LogP contribution in [0, 0.1) is 0 Å². The summed E-state index contributed by atoms with van der Waals surface area (Å²) >= 11 is 0. The molecule has 0 amide bonds. The lowest BCUT2D eigenvalue weighted by atomic mass is 10.0. The second-order valence-corrected chi connectivity index (χ2v) is 5.34. The van der Waals surface area contributed by atoms with Crippen LogP contribution in [0.2, 0.25) is 0 Å². The van der Waals surface area contributed by atoms with Gasteiger partial charge in [0.05, 0.1) is 23.6 Å². The van der Waals surface area contributed by atoms with Crippen LogP contribution in [0.15, 0.2) is 47.4 Å². The normalized spacial score (nSPS) is 12.4. The van der Waals surface area contributed by atoms with Crippen molar-refractivity contribution in [2.45, 2.75) is 0 Å². The van der Waals surface area contributed by atoms with E-state index in [4.69, 9.17) is 14.2 Å². The number of hydrogen-bond donors (Lipinski definition) is 1. The zero-order valence-corrected chi connectivity index (χ0v) is 12.8. The van der Waals surface area contributed by atoms with Gasteiger partial charge >= 0.3 is 0 Å². The van der Waals surface area contributed by atoms with Gasteiger partial charge < -0.3 is 19.2 Å². The average molecular weight is 323 g/mol. The van der Waals surface area contributed by atoms with E-state index in [1.807, 2.05) is 0 Å². The quantitative estimate of drug-likeness (QED) is 0.749. The van der Waals surface area contributed by atoms with Crippen molar-refractivity contribution < 1.29 is 19.0 Å². The number of ketones is 1. The molecule has 0 atom stereocenters. The molecule has 6 heteroatoms. The van der Waals surface area contributed by atoms with Gasteiger partial charge in [-0.2, -0.15) is 0 Å². The Hall–Kier alpha value is -3.28. The summed E-state index contributed by atoms with van der Waals surface area (Å²) in [4.78, 5) is 28.3. The molecule has 2 aromatic carbocycles. The number of pyridine rings is 1. The van der Waals surface area contributed by atoms with E-state index in [-0.39, 0.29) is 23.6 Å². The van der Waals surface area contributed by atoms with E-state index < -0.39 is 0 Å². The van der Waals surface area contributed by atoms with Gasteiger partial charge in [0.2, 0.25) is 12.2 Å². The number of carbonyl (C=O) groups excluding carboxylic acids is 1. The van der Waals surface area contributed by atoms with Crippen molar-refractivity contribution in [1.29, 1.82) is 0 Å². The minimum absolute atomic E-state index is 0.0755. The highest BCUT2D eigenvalue weighted by atomic mass is 16.7. The van der Waals surface area contributed by atoms with Crippen molar-refractivity contribution in [1.82, 2.24) is 4.98 Å². The lowest BCUT2D eigenvalue weighted by Crippen LogP contribution is -2.16. The van der Waals surface area contributed by atoms with Gasteiger partial charge in [-0.1, -0.05) is 0 Å². The van der Waals surface area contributed by atoms with Gasteiger partial charge in [-0.25, -0.2) is 0 Å². The molecule has 0 unspecified atom stereocenters. The Bertz CT molecular complexity index is 1000. The molecule has 0 radical (unpaired) electrons. The van der Waals surface area contributed by atoms with Crippen LogP contribution in [0.1, 0.15) is 15.9 Å². The van der Waals surface area contributed by atoms with Crippen LogP contribution in [0.4, 0.5) is 0 Å². The van der Waals surface area contributed by atoms with Crippen LogP contribution < -0.4 is 19.6 Å². The molecule has 24 heavy (non-hydrogen) atoms. The first-order valence-electron chi connectivity index (χ1n) is 7.31. The highest BCUT2D eigenvalue weighted by molar-refractivity contribution is 6.10. The van der Waals surface area contributed by atoms with Gasteiger partial charge in [-0.05, 0) is 30.3 Å². The van der Waals surface area contributed by atoms with Crippen LogP contribution in [-0.2, 0) is 0 Å². The average Bonchev–Trinajstić information content (AvgIpc) is 3.07. The van der Waals surface area contributed by atoms with E-state index in [0.717, 1.165) is 0 Å². The first-order chi connectivity index (χ1) is 11.7. The topological polar surface area (TPSA) is 77.6 Å². The fourth-order valence-electron chi connectivity index (χ4n) is 2.68. The maximum atomic E-state index is 12.7. The zero-order valence-electron chi connectivity index (χ0n) is 12.8. The van der Waals surface area contributed by atoms with Crippen LogP contribution >= 0.6 is 0 Å². The van der Waals surface area contributed by atoms with E-state index in [1.54, 1.807) is 43.5 Å². The zero-order chi connectivity index (χ0) is 16.7. The summed E-state index contributed by atoms with van der Waals surface area (Å²) in [7, 11) is 1.55. The van der Waals surface area contributed by atoms with Crippen molar-refractivity contribution in [2.75, 3.05) is 13.9 Å². The third-order valence-electron chi connectivity index (χ3n) is 3.97. The molecular formula is C18H13NO5. The van der Waals surface area contributed by atoms with Crippen molar-refractivity contribution in [3.8, 4) is 17.2 Å². The molecule has 0 saturated heterocycles. The molecule has 0 spiro atoms. The Morgan fingerprint density at radius 1 is 1.12 bits per heavy atom. The van der Waals surface area contributed by atoms with Crippen LogP contribution in [0.25, 0.3) is 10.9 Å². The predicted molar refractivity (Wildman–Crippen MR) is 87.1 cm³/mol. The highest BCUT2D eigenvalue weighted by Gasteiger charge is 2.19. The molecule has 0 bridgehead atoms. The van der Waals surface area contributed by atoms with Crippen molar-refractivity contribution in [2.24, 2.45) is 0 Å². The Kier molecular flexibility index (Phi) is 3.23. The molecule has 3 aromatic rings. The molecule has 6 nitrogen and oxygen atoms in total. The summed E-state index contributed by atoms with van der Waals surface area (Å²) in [5, 5.41) is 0.388. The van der Waals surface area contributed by atoms with Crippen molar-refractivity contribution >= 4 is 16.7 Å². The maximum Gasteiger partial charge on any atom is 0.231 e. The molecule has 2 heterocycles. The van der Waals surface area contributed by atoms with Gasteiger partial charge in [0, 0.05) is 17.8 Å². The second kappa shape index (κ2) is 5.42.